The molecule has 1 aromatic heterocycles. The van der Waals surface area contributed by atoms with Gasteiger partial charge in [-0.05, 0) is 25.5 Å². The molecule has 0 saturated heterocycles. The summed E-state index contributed by atoms with van der Waals surface area (Å²) in [6, 6.07) is 2.44. The number of aromatic amines is 1. The lowest BCUT2D eigenvalue weighted by molar-refractivity contribution is 0.576. The van der Waals surface area contributed by atoms with Crippen molar-refractivity contribution in [2.75, 3.05) is 13.1 Å². The number of nitrogens with two attached hydrogens (primary N) is 1. The Kier molecular flexibility index (Phi) is 4.66. The molecule has 0 amide bonds. The summed E-state index contributed by atoms with van der Waals surface area (Å²) < 4.78 is 25.7. The number of rotatable bonds is 6. The highest BCUT2D eigenvalue weighted by atomic mass is 32.2. The van der Waals surface area contributed by atoms with Crippen molar-refractivity contribution < 1.29 is 8.42 Å². The summed E-state index contributed by atoms with van der Waals surface area (Å²) in [5.41, 5.74) is 4.96. The van der Waals surface area contributed by atoms with Crippen molar-refractivity contribution in [3.8, 4) is 0 Å². The summed E-state index contributed by atoms with van der Waals surface area (Å²) in [5, 5.41) is 0. The zero-order chi connectivity index (χ0) is 12.0. The first-order chi connectivity index (χ1) is 7.56. The topological polar surface area (TPSA) is 105 Å². The average molecular weight is 245 g/mol. The zero-order valence-corrected chi connectivity index (χ0v) is 9.59. The predicted molar refractivity (Wildman–Crippen MR) is 60.5 cm³/mol. The quantitative estimate of drug-likeness (QED) is 0.581. The lowest BCUT2D eigenvalue weighted by Gasteiger charge is -2.05. The highest BCUT2D eigenvalue weighted by molar-refractivity contribution is 7.89. The third-order valence-electron chi connectivity index (χ3n) is 1.99. The molecule has 16 heavy (non-hydrogen) atoms. The number of nitrogens with one attached hydrogen (secondary N) is 2. The van der Waals surface area contributed by atoms with Crippen LogP contribution in [0.15, 0.2) is 28.0 Å². The fourth-order valence-corrected chi connectivity index (χ4v) is 2.16. The molecule has 0 aliphatic rings. The number of H-pyrrole nitrogens is 1. The minimum absolute atomic E-state index is 0.0554. The van der Waals surface area contributed by atoms with Gasteiger partial charge in [-0.1, -0.05) is 0 Å². The molecule has 1 aromatic rings. The van der Waals surface area contributed by atoms with Crippen molar-refractivity contribution in [1.82, 2.24) is 9.71 Å². The molecule has 1 rings (SSSR count). The number of aromatic nitrogens is 1. The summed E-state index contributed by atoms with van der Waals surface area (Å²) >= 11 is 0. The van der Waals surface area contributed by atoms with Gasteiger partial charge in [0.1, 0.15) is 0 Å². The third kappa shape index (κ3) is 3.76. The van der Waals surface area contributed by atoms with Crippen molar-refractivity contribution in [3.63, 3.8) is 0 Å². The fraction of sp³-hybridized carbons (Fsp3) is 0.444. The van der Waals surface area contributed by atoms with E-state index in [1.807, 2.05) is 0 Å². The van der Waals surface area contributed by atoms with Crippen molar-refractivity contribution in [1.29, 1.82) is 0 Å². The summed E-state index contributed by atoms with van der Waals surface area (Å²) in [6.07, 6.45) is 2.64. The van der Waals surface area contributed by atoms with Gasteiger partial charge in [0.2, 0.25) is 15.6 Å². The van der Waals surface area contributed by atoms with E-state index < -0.39 is 10.0 Å². The van der Waals surface area contributed by atoms with Gasteiger partial charge in [0.25, 0.3) is 0 Å². The van der Waals surface area contributed by atoms with Crippen LogP contribution >= 0.6 is 0 Å². The molecule has 0 fully saturated rings. The number of hydrogen-bond donors (Lipinski definition) is 3. The van der Waals surface area contributed by atoms with Crippen LogP contribution in [0, 0.1) is 0 Å². The molecule has 6 nitrogen and oxygen atoms in total. The van der Waals surface area contributed by atoms with Crippen molar-refractivity contribution in [3.05, 3.63) is 28.7 Å². The van der Waals surface area contributed by atoms with Crippen LogP contribution in [0.5, 0.6) is 0 Å². The Morgan fingerprint density at radius 2 is 2.06 bits per heavy atom. The molecule has 0 atom stereocenters. The highest BCUT2D eigenvalue weighted by Gasteiger charge is 2.12. The van der Waals surface area contributed by atoms with Gasteiger partial charge in [-0.25, -0.2) is 13.1 Å². The van der Waals surface area contributed by atoms with E-state index in [0.29, 0.717) is 19.5 Å². The average Bonchev–Trinajstić information content (AvgIpc) is 2.25. The Morgan fingerprint density at radius 1 is 1.31 bits per heavy atom. The first-order valence-corrected chi connectivity index (χ1v) is 6.43. The van der Waals surface area contributed by atoms with E-state index in [-0.39, 0.29) is 10.5 Å². The fourth-order valence-electron chi connectivity index (χ4n) is 1.12. The molecule has 0 aliphatic heterocycles. The van der Waals surface area contributed by atoms with E-state index in [1.54, 1.807) is 0 Å². The normalized spacial score (nSPS) is 11.6. The second-order valence-corrected chi connectivity index (χ2v) is 5.05. The smallest absolute Gasteiger partial charge is 0.247 e. The Hall–Kier alpha value is -1.18. The maximum absolute atomic E-state index is 11.6. The maximum Gasteiger partial charge on any atom is 0.247 e. The van der Waals surface area contributed by atoms with E-state index in [0.717, 1.165) is 6.42 Å². The van der Waals surface area contributed by atoms with E-state index in [9.17, 15) is 13.2 Å². The first-order valence-electron chi connectivity index (χ1n) is 4.95. The molecule has 90 valence electrons. The van der Waals surface area contributed by atoms with Gasteiger partial charge in [-0.15, -0.1) is 0 Å². The molecule has 0 unspecified atom stereocenters. The molecular formula is C9H15N3O3S. The number of sulfonamides is 1. The molecule has 0 bridgehead atoms. The second-order valence-electron chi connectivity index (χ2n) is 3.28. The standard InChI is InChI=1S/C9H15N3O3S/c10-5-1-2-6-12-16(14,15)8-3-4-9(13)11-7-8/h3-4,7,12H,1-2,5-6,10H2,(H,11,13). The van der Waals surface area contributed by atoms with Crippen LogP contribution in [-0.4, -0.2) is 26.5 Å². The van der Waals surface area contributed by atoms with Crippen LogP contribution in [-0.2, 0) is 10.0 Å². The Labute approximate surface area is 93.9 Å². The van der Waals surface area contributed by atoms with Crippen molar-refractivity contribution in [2.45, 2.75) is 17.7 Å². The number of pyridine rings is 1. The molecule has 0 aromatic carbocycles. The molecule has 0 spiro atoms. The van der Waals surface area contributed by atoms with Gasteiger partial charge < -0.3 is 10.7 Å². The second kappa shape index (κ2) is 5.78. The predicted octanol–water partition coefficient (Wildman–Crippen LogP) is -0.608. The van der Waals surface area contributed by atoms with Gasteiger partial charge in [0, 0.05) is 18.8 Å². The van der Waals surface area contributed by atoms with E-state index >= 15 is 0 Å². The van der Waals surface area contributed by atoms with E-state index in [1.165, 1.54) is 18.3 Å². The minimum atomic E-state index is -3.52. The van der Waals surface area contributed by atoms with Crippen LogP contribution < -0.4 is 16.0 Å². The van der Waals surface area contributed by atoms with Crippen molar-refractivity contribution in [2.24, 2.45) is 5.73 Å². The van der Waals surface area contributed by atoms with Crippen LogP contribution in [0.1, 0.15) is 12.8 Å². The molecular weight excluding hydrogens is 230 g/mol. The van der Waals surface area contributed by atoms with Crippen LogP contribution in [0.3, 0.4) is 0 Å². The number of hydrogen-bond acceptors (Lipinski definition) is 4. The van der Waals surface area contributed by atoms with Gasteiger partial charge in [0.15, 0.2) is 0 Å². The van der Waals surface area contributed by atoms with Crippen LogP contribution in [0.2, 0.25) is 0 Å². The third-order valence-corrected chi connectivity index (χ3v) is 3.45. The lowest BCUT2D eigenvalue weighted by Crippen LogP contribution is -2.25. The van der Waals surface area contributed by atoms with Gasteiger partial charge >= 0.3 is 0 Å². The van der Waals surface area contributed by atoms with Gasteiger partial charge in [-0.3, -0.25) is 4.79 Å². The Bertz CT molecular complexity index is 461. The SMILES string of the molecule is NCCCCNS(=O)(=O)c1ccc(=O)[nH]c1. The molecule has 0 saturated carbocycles. The summed E-state index contributed by atoms with van der Waals surface area (Å²) in [5.74, 6) is 0. The largest absolute Gasteiger partial charge is 0.330 e. The van der Waals surface area contributed by atoms with Gasteiger partial charge in [-0.2, -0.15) is 0 Å². The maximum atomic E-state index is 11.6. The Balaban J connectivity index is 2.63. The molecule has 4 N–H and O–H groups in total. The molecule has 0 aliphatic carbocycles. The summed E-state index contributed by atoms with van der Waals surface area (Å²) in [6.45, 7) is 0.888. The summed E-state index contributed by atoms with van der Waals surface area (Å²) in [4.78, 5) is 13.1. The zero-order valence-electron chi connectivity index (χ0n) is 8.77. The molecule has 0 radical (unpaired) electrons. The first kappa shape index (κ1) is 12.9. The molecule has 7 heteroatoms. The van der Waals surface area contributed by atoms with Gasteiger partial charge in [0.05, 0.1) is 4.90 Å². The minimum Gasteiger partial charge on any atom is -0.330 e. The highest BCUT2D eigenvalue weighted by Crippen LogP contribution is 2.03. The van der Waals surface area contributed by atoms with E-state index in [4.69, 9.17) is 5.73 Å². The Morgan fingerprint density at radius 3 is 2.62 bits per heavy atom. The number of unbranched alkanes of at least 4 members (excludes halogenated alkanes) is 1. The summed E-state index contributed by atoms with van der Waals surface area (Å²) in [7, 11) is -3.52. The van der Waals surface area contributed by atoms with Crippen LogP contribution in [0.4, 0.5) is 0 Å². The van der Waals surface area contributed by atoms with E-state index in [2.05, 4.69) is 9.71 Å². The molecule has 1 heterocycles. The van der Waals surface area contributed by atoms with Crippen molar-refractivity contribution >= 4 is 10.0 Å². The van der Waals surface area contributed by atoms with Crippen LogP contribution in [0.25, 0.3) is 0 Å². The lowest BCUT2D eigenvalue weighted by atomic mass is 10.3. The monoisotopic (exact) mass is 245 g/mol.